The van der Waals surface area contributed by atoms with Crippen LogP contribution in [0.15, 0.2) is 35.9 Å². The minimum atomic E-state index is 0.811. The van der Waals surface area contributed by atoms with E-state index in [0.29, 0.717) is 0 Å². The van der Waals surface area contributed by atoms with E-state index in [-0.39, 0.29) is 0 Å². The van der Waals surface area contributed by atoms with Gasteiger partial charge in [-0.2, -0.15) is 0 Å². The van der Waals surface area contributed by atoms with Gasteiger partial charge < -0.3 is 4.52 Å². The summed E-state index contributed by atoms with van der Waals surface area (Å²) in [5.41, 5.74) is 2.88. The first-order chi connectivity index (χ1) is 6.20. The van der Waals surface area contributed by atoms with Gasteiger partial charge in [0, 0.05) is 5.56 Å². The molecule has 1 heterocycles. The molecule has 0 aromatic carbocycles. The fourth-order valence-corrected chi connectivity index (χ4v) is 1.28. The highest BCUT2D eigenvalue weighted by Gasteiger charge is 2.10. The Morgan fingerprint density at radius 1 is 1.38 bits per heavy atom. The molecule has 0 saturated heterocycles. The van der Waals surface area contributed by atoms with Crippen molar-refractivity contribution in [2.45, 2.75) is 13.8 Å². The first-order valence-electron chi connectivity index (χ1n) is 4.09. The van der Waals surface area contributed by atoms with Crippen LogP contribution in [-0.2, 0) is 0 Å². The van der Waals surface area contributed by atoms with Crippen LogP contribution in [0, 0.1) is 13.8 Å². The lowest BCUT2D eigenvalue weighted by atomic mass is 10.0. The highest BCUT2D eigenvalue weighted by Crippen LogP contribution is 2.22. The lowest BCUT2D eigenvalue weighted by molar-refractivity contribution is 0.393. The monoisotopic (exact) mass is 175 g/mol. The first kappa shape index (κ1) is 9.52. The van der Waals surface area contributed by atoms with E-state index in [1.54, 1.807) is 12.2 Å². The van der Waals surface area contributed by atoms with Crippen molar-refractivity contribution in [1.29, 1.82) is 0 Å². The third-order valence-corrected chi connectivity index (χ3v) is 1.84. The van der Waals surface area contributed by atoms with Gasteiger partial charge in [0.25, 0.3) is 0 Å². The van der Waals surface area contributed by atoms with Crippen molar-refractivity contribution in [3.63, 3.8) is 0 Å². The van der Waals surface area contributed by atoms with Crippen LogP contribution in [0.25, 0.3) is 5.57 Å². The third kappa shape index (κ3) is 1.78. The molecule has 0 aliphatic carbocycles. The second kappa shape index (κ2) is 3.90. The molecule has 0 amide bonds. The number of aromatic nitrogens is 1. The van der Waals surface area contributed by atoms with E-state index in [1.807, 2.05) is 19.9 Å². The van der Waals surface area contributed by atoms with Crippen molar-refractivity contribution in [1.82, 2.24) is 5.16 Å². The maximum absolute atomic E-state index is 5.05. The largest absolute Gasteiger partial charge is 0.361 e. The van der Waals surface area contributed by atoms with Gasteiger partial charge in [0.1, 0.15) is 5.76 Å². The molecule has 0 spiro atoms. The van der Waals surface area contributed by atoms with Gasteiger partial charge in [-0.25, -0.2) is 0 Å². The van der Waals surface area contributed by atoms with Crippen LogP contribution in [0.1, 0.15) is 17.0 Å². The summed E-state index contributed by atoms with van der Waals surface area (Å²) >= 11 is 0. The molecule has 2 heteroatoms. The molecule has 2 nitrogen and oxygen atoms in total. The van der Waals surface area contributed by atoms with Crippen molar-refractivity contribution >= 4 is 5.57 Å². The lowest BCUT2D eigenvalue weighted by Gasteiger charge is -1.98. The SMILES string of the molecule is C=CC=C(C=C)c1c(C)noc1C. The van der Waals surface area contributed by atoms with Crippen LogP contribution in [0.2, 0.25) is 0 Å². The Labute approximate surface area is 78.2 Å². The Balaban J connectivity index is 3.25. The summed E-state index contributed by atoms with van der Waals surface area (Å²) < 4.78 is 5.05. The van der Waals surface area contributed by atoms with Crippen LogP contribution in [0.3, 0.4) is 0 Å². The van der Waals surface area contributed by atoms with Gasteiger partial charge in [0.05, 0.1) is 5.69 Å². The van der Waals surface area contributed by atoms with E-state index in [1.165, 1.54) is 0 Å². The summed E-state index contributed by atoms with van der Waals surface area (Å²) in [6.45, 7) is 11.2. The van der Waals surface area contributed by atoms with Crippen LogP contribution >= 0.6 is 0 Å². The Morgan fingerprint density at radius 2 is 2.08 bits per heavy atom. The zero-order valence-electron chi connectivity index (χ0n) is 8.00. The number of aryl methyl sites for hydroxylation is 2. The zero-order valence-corrected chi connectivity index (χ0v) is 8.00. The molecule has 1 aromatic heterocycles. The maximum Gasteiger partial charge on any atom is 0.141 e. The van der Waals surface area contributed by atoms with Crippen molar-refractivity contribution in [2.24, 2.45) is 0 Å². The first-order valence-corrected chi connectivity index (χ1v) is 4.09. The van der Waals surface area contributed by atoms with Crippen LogP contribution in [0.5, 0.6) is 0 Å². The van der Waals surface area contributed by atoms with Gasteiger partial charge in [0.2, 0.25) is 0 Å². The van der Waals surface area contributed by atoms with Crippen molar-refractivity contribution in [3.05, 3.63) is 48.4 Å². The Hall–Kier alpha value is -1.57. The van der Waals surface area contributed by atoms with Crippen molar-refractivity contribution < 1.29 is 4.52 Å². The smallest absolute Gasteiger partial charge is 0.141 e. The molecular formula is C11H13NO. The molecule has 1 rings (SSSR count). The summed E-state index contributed by atoms with van der Waals surface area (Å²) in [7, 11) is 0. The van der Waals surface area contributed by atoms with Crippen LogP contribution in [0.4, 0.5) is 0 Å². The summed E-state index contributed by atoms with van der Waals surface area (Å²) in [5.74, 6) is 0.811. The van der Waals surface area contributed by atoms with E-state index in [4.69, 9.17) is 4.52 Å². The highest BCUT2D eigenvalue weighted by molar-refractivity contribution is 5.76. The molecule has 0 bridgehead atoms. The predicted octanol–water partition coefficient (Wildman–Crippen LogP) is 3.05. The van der Waals surface area contributed by atoms with Crippen LogP contribution < -0.4 is 0 Å². The fraction of sp³-hybridized carbons (Fsp3) is 0.182. The van der Waals surface area contributed by atoms with Crippen LogP contribution in [-0.4, -0.2) is 5.16 Å². The average molecular weight is 175 g/mol. The minimum Gasteiger partial charge on any atom is -0.361 e. The molecule has 13 heavy (non-hydrogen) atoms. The Kier molecular flexibility index (Phi) is 2.85. The molecule has 0 N–H and O–H groups in total. The Morgan fingerprint density at radius 3 is 2.46 bits per heavy atom. The molecule has 0 fully saturated rings. The summed E-state index contributed by atoms with van der Waals surface area (Å²) in [6.07, 6.45) is 5.39. The quantitative estimate of drug-likeness (QED) is 0.660. The van der Waals surface area contributed by atoms with E-state index in [2.05, 4.69) is 18.3 Å². The maximum atomic E-state index is 5.05. The lowest BCUT2D eigenvalue weighted by Crippen LogP contribution is -1.84. The zero-order chi connectivity index (χ0) is 9.84. The molecule has 0 saturated carbocycles. The van der Waals surface area contributed by atoms with Crippen molar-refractivity contribution in [3.8, 4) is 0 Å². The number of rotatable bonds is 3. The van der Waals surface area contributed by atoms with E-state index in [0.717, 1.165) is 22.6 Å². The Bertz CT molecular complexity index is 339. The molecule has 0 aliphatic rings. The minimum absolute atomic E-state index is 0.811. The number of nitrogens with zero attached hydrogens (tertiary/aromatic N) is 1. The van der Waals surface area contributed by atoms with Gasteiger partial charge >= 0.3 is 0 Å². The highest BCUT2D eigenvalue weighted by atomic mass is 16.5. The molecule has 0 radical (unpaired) electrons. The molecule has 0 aliphatic heterocycles. The summed E-state index contributed by atoms with van der Waals surface area (Å²) in [4.78, 5) is 0. The number of hydrogen-bond donors (Lipinski definition) is 0. The normalized spacial score (nSPS) is 11.4. The van der Waals surface area contributed by atoms with Gasteiger partial charge in [-0.05, 0) is 19.4 Å². The molecule has 0 unspecified atom stereocenters. The van der Waals surface area contributed by atoms with Crippen molar-refractivity contribution in [2.75, 3.05) is 0 Å². The van der Waals surface area contributed by atoms with Gasteiger partial charge in [0.15, 0.2) is 0 Å². The van der Waals surface area contributed by atoms with E-state index < -0.39 is 0 Å². The van der Waals surface area contributed by atoms with E-state index in [9.17, 15) is 0 Å². The molecule has 68 valence electrons. The summed E-state index contributed by atoms with van der Waals surface area (Å²) in [5, 5.41) is 3.87. The van der Waals surface area contributed by atoms with Gasteiger partial charge in [-0.15, -0.1) is 0 Å². The molecule has 1 aromatic rings. The van der Waals surface area contributed by atoms with E-state index >= 15 is 0 Å². The number of allylic oxidation sites excluding steroid dienone is 4. The molecule has 0 atom stereocenters. The predicted molar refractivity (Wildman–Crippen MR) is 54.3 cm³/mol. The third-order valence-electron chi connectivity index (χ3n) is 1.84. The fourth-order valence-electron chi connectivity index (χ4n) is 1.28. The second-order valence-electron chi connectivity index (χ2n) is 2.76. The topological polar surface area (TPSA) is 26.0 Å². The summed E-state index contributed by atoms with van der Waals surface area (Å²) in [6, 6.07) is 0. The van der Waals surface area contributed by atoms with Gasteiger partial charge in [-0.3, -0.25) is 0 Å². The standard InChI is InChI=1S/C11H13NO/c1-5-7-10(6-2)11-8(3)12-13-9(11)4/h5-7H,1-2H2,3-4H3. The second-order valence-corrected chi connectivity index (χ2v) is 2.76. The number of hydrogen-bond acceptors (Lipinski definition) is 2. The van der Waals surface area contributed by atoms with Gasteiger partial charge in [-0.1, -0.05) is 36.5 Å². The molecular weight excluding hydrogens is 162 g/mol. The average Bonchev–Trinajstić information content (AvgIpc) is 2.43.